The molecule has 1 aliphatic carbocycles. The number of fused-ring (bicyclic) bond motifs is 1. The zero-order chi connectivity index (χ0) is 21.8. The third kappa shape index (κ3) is 5.04. The number of nitrogens with zero attached hydrogens (tertiary/aromatic N) is 4. The predicted molar refractivity (Wildman–Crippen MR) is 122 cm³/mol. The van der Waals surface area contributed by atoms with Gasteiger partial charge >= 0.3 is 5.69 Å². The molecule has 9 heteroatoms. The molecule has 1 fully saturated rings. The number of nitrogens with one attached hydrogen (secondary N) is 1. The highest BCUT2D eigenvalue weighted by Crippen LogP contribution is 2.29. The largest absolute Gasteiger partial charge is 0.497 e. The average molecular weight is 444 g/mol. The Morgan fingerprint density at radius 3 is 2.81 bits per heavy atom. The smallest absolute Gasteiger partial charge is 0.367 e. The summed E-state index contributed by atoms with van der Waals surface area (Å²) in [6, 6.07) is 7.62. The first-order valence-corrected chi connectivity index (χ1v) is 11.6. The maximum absolute atomic E-state index is 12.9. The minimum absolute atomic E-state index is 0.0791. The molecule has 8 nitrogen and oxygen atoms in total. The maximum Gasteiger partial charge on any atom is 0.367 e. The van der Waals surface area contributed by atoms with Gasteiger partial charge in [0.15, 0.2) is 0 Å². The van der Waals surface area contributed by atoms with Crippen molar-refractivity contribution in [1.82, 2.24) is 19.9 Å². The molecule has 1 amide bonds. The first-order valence-electron chi connectivity index (χ1n) is 10.7. The van der Waals surface area contributed by atoms with Crippen LogP contribution < -0.4 is 20.8 Å². The molecule has 0 spiro atoms. The van der Waals surface area contributed by atoms with E-state index in [1.807, 2.05) is 24.3 Å². The van der Waals surface area contributed by atoms with Crippen molar-refractivity contribution in [1.29, 1.82) is 0 Å². The Morgan fingerprint density at radius 1 is 1.23 bits per heavy atom. The van der Waals surface area contributed by atoms with Gasteiger partial charge in [-0.25, -0.2) is 9.47 Å². The predicted octanol–water partition coefficient (Wildman–Crippen LogP) is 1.03. The molecule has 31 heavy (non-hydrogen) atoms. The molecule has 2 aliphatic rings. The van der Waals surface area contributed by atoms with Crippen molar-refractivity contribution in [3.8, 4) is 5.75 Å². The number of aromatic nitrogens is 2. The van der Waals surface area contributed by atoms with E-state index in [1.54, 1.807) is 11.8 Å². The van der Waals surface area contributed by atoms with Crippen LogP contribution in [0.2, 0.25) is 0 Å². The van der Waals surface area contributed by atoms with Gasteiger partial charge in [0.05, 0.1) is 18.6 Å². The number of carbonyl (C=O) groups is 1. The molecule has 1 N–H and O–H groups in total. The van der Waals surface area contributed by atoms with E-state index in [9.17, 15) is 9.59 Å². The molecule has 0 unspecified atom stereocenters. The van der Waals surface area contributed by atoms with Crippen LogP contribution in [0.1, 0.15) is 23.2 Å². The van der Waals surface area contributed by atoms with E-state index in [0.717, 1.165) is 68.0 Å². The normalized spacial score (nSPS) is 16.3. The summed E-state index contributed by atoms with van der Waals surface area (Å²) in [5.41, 5.74) is 2.95. The van der Waals surface area contributed by atoms with Crippen LogP contribution in [0.3, 0.4) is 0 Å². The van der Waals surface area contributed by atoms with Gasteiger partial charge in [0.2, 0.25) is 5.91 Å². The third-order valence-electron chi connectivity index (χ3n) is 5.81. The number of thioether (sulfide) groups is 1. The van der Waals surface area contributed by atoms with Gasteiger partial charge in [0.25, 0.3) is 0 Å². The lowest BCUT2D eigenvalue weighted by Crippen LogP contribution is -2.54. The van der Waals surface area contributed by atoms with Crippen LogP contribution in [-0.2, 0) is 24.2 Å². The van der Waals surface area contributed by atoms with E-state index in [4.69, 9.17) is 4.74 Å². The number of benzene rings is 1. The first kappa shape index (κ1) is 21.7. The number of carbonyl (C=O) groups excluding carboxylic acids is 1. The molecular formula is C22H29N5O3S. The van der Waals surface area contributed by atoms with Crippen LogP contribution in [-0.4, -0.2) is 66.6 Å². The highest BCUT2D eigenvalue weighted by Gasteiger charge is 2.26. The fourth-order valence-electron chi connectivity index (χ4n) is 4.08. The molecule has 0 saturated carbocycles. The monoisotopic (exact) mass is 443 g/mol. The second kappa shape index (κ2) is 9.74. The Kier molecular flexibility index (Phi) is 6.82. The van der Waals surface area contributed by atoms with Gasteiger partial charge in [0, 0.05) is 38.3 Å². The molecule has 2 heterocycles. The van der Waals surface area contributed by atoms with Gasteiger partial charge in [-0.3, -0.25) is 4.79 Å². The second-order valence-electron chi connectivity index (χ2n) is 7.96. The summed E-state index contributed by atoms with van der Waals surface area (Å²) in [5.74, 6) is 0.924. The van der Waals surface area contributed by atoms with Crippen molar-refractivity contribution < 1.29 is 9.53 Å². The van der Waals surface area contributed by atoms with Crippen molar-refractivity contribution in [2.45, 2.75) is 30.8 Å². The molecule has 166 valence electrons. The van der Waals surface area contributed by atoms with E-state index in [2.05, 4.69) is 27.3 Å². The fraction of sp³-hybridized carbons (Fsp3) is 0.500. The maximum atomic E-state index is 12.9. The minimum Gasteiger partial charge on any atom is -0.497 e. The van der Waals surface area contributed by atoms with Crippen LogP contribution in [0.25, 0.3) is 0 Å². The first-order chi connectivity index (χ1) is 15.0. The summed E-state index contributed by atoms with van der Waals surface area (Å²) in [4.78, 5) is 31.9. The number of methoxy groups -OCH3 is 1. The summed E-state index contributed by atoms with van der Waals surface area (Å²) < 4.78 is 7.01. The molecule has 1 aromatic heterocycles. The highest BCUT2D eigenvalue weighted by molar-refractivity contribution is 7.99. The van der Waals surface area contributed by atoms with Crippen LogP contribution in [0.5, 0.6) is 5.75 Å². The molecule has 0 radical (unpaired) electrons. The number of piperazine rings is 1. The zero-order valence-electron chi connectivity index (χ0n) is 18.1. The molecule has 0 atom stereocenters. The number of rotatable bonds is 7. The van der Waals surface area contributed by atoms with E-state index < -0.39 is 0 Å². The quantitative estimate of drug-likeness (QED) is 0.506. The minimum atomic E-state index is -0.232. The van der Waals surface area contributed by atoms with Gasteiger partial charge in [0.1, 0.15) is 10.8 Å². The van der Waals surface area contributed by atoms with E-state index in [-0.39, 0.29) is 17.3 Å². The molecule has 1 saturated heterocycles. The molecule has 1 aliphatic heterocycles. The number of hydrogen-bond donors (Lipinski definition) is 1. The molecule has 1 aromatic carbocycles. The number of amides is 1. The molecule has 0 bridgehead atoms. The van der Waals surface area contributed by atoms with Gasteiger partial charge in [-0.2, -0.15) is 4.98 Å². The van der Waals surface area contributed by atoms with E-state index in [1.165, 1.54) is 11.8 Å². The molecule has 4 rings (SSSR count). The average Bonchev–Trinajstić information content (AvgIpc) is 3.27. The number of ether oxygens (including phenoxy) is 1. The Hall–Kier alpha value is -2.52. The van der Waals surface area contributed by atoms with Crippen molar-refractivity contribution in [3.63, 3.8) is 0 Å². The molecular weight excluding hydrogens is 414 g/mol. The number of likely N-dealkylation sites (N-methyl/N-ethyl adjacent to an activating group) is 1. The summed E-state index contributed by atoms with van der Waals surface area (Å²) in [6.07, 6.45) is 2.81. The number of hydrogen-bond acceptors (Lipinski definition) is 7. The summed E-state index contributed by atoms with van der Waals surface area (Å²) in [7, 11) is 3.72. The van der Waals surface area contributed by atoms with Crippen molar-refractivity contribution in [2.24, 2.45) is 0 Å². The van der Waals surface area contributed by atoms with Gasteiger partial charge in [-0.1, -0.05) is 23.9 Å². The van der Waals surface area contributed by atoms with Gasteiger partial charge in [-0.15, -0.1) is 0 Å². The highest BCUT2D eigenvalue weighted by atomic mass is 32.2. The van der Waals surface area contributed by atoms with E-state index in [0.29, 0.717) is 11.6 Å². The SMILES string of the molecule is COc1cccc(CNC(=O)CSc2nc(=O)n(N3CCN(C)CC3)c3c2CCC3)c1. The van der Waals surface area contributed by atoms with Gasteiger partial charge < -0.3 is 20.0 Å². The standard InChI is InChI=1S/C22H29N5O3S/c1-25-9-11-26(12-10-25)27-19-8-4-7-18(19)21(24-22(27)29)31-15-20(28)23-14-16-5-3-6-17(13-16)30-2/h3,5-6,13H,4,7-12,14-15H2,1-2H3,(H,23,28). The van der Waals surface area contributed by atoms with Crippen LogP contribution >= 0.6 is 11.8 Å². The summed E-state index contributed by atoms with van der Waals surface area (Å²) >= 11 is 1.36. The van der Waals surface area contributed by atoms with Crippen molar-refractivity contribution in [3.05, 3.63) is 51.6 Å². The second-order valence-corrected chi connectivity index (χ2v) is 8.93. The van der Waals surface area contributed by atoms with E-state index >= 15 is 0 Å². The van der Waals surface area contributed by atoms with Crippen LogP contribution in [0.15, 0.2) is 34.1 Å². The topological polar surface area (TPSA) is 79.7 Å². The summed E-state index contributed by atoms with van der Waals surface area (Å²) in [5, 5.41) is 5.76. The van der Waals surface area contributed by atoms with Gasteiger partial charge in [-0.05, 0) is 44.0 Å². The van der Waals surface area contributed by atoms with Crippen LogP contribution in [0, 0.1) is 0 Å². The Bertz CT molecular complexity index is 1000. The third-order valence-corrected chi connectivity index (χ3v) is 6.82. The Morgan fingerprint density at radius 2 is 2.03 bits per heavy atom. The fourth-order valence-corrected chi connectivity index (χ4v) is 4.99. The Labute approximate surface area is 186 Å². The summed E-state index contributed by atoms with van der Waals surface area (Å²) in [6.45, 7) is 3.96. The lowest BCUT2D eigenvalue weighted by atomic mass is 10.2. The molecule has 2 aromatic rings. The van der Waals surface area contributed by atoms with Crippen molar-refractivity contribution in [2.75, 3.05) is 51.1 Å². The van der Waals surface area contributed by atoms with Crippen molar-refractivity contribution >= 4 is 17.7 Å². The lowest BCUT2D eigenvalue weighted by molar-refractivity contribution is -0.118. The Balaban J connectivity index is 1.41. The lowest BCUT2D eigenvalue weighted by Gasteiger charge is -2.35. The van der Waals surface area contributed by atoms with Crippen LogP contribution in [0.4, 0.5) is 0 Å². The zero-order valence-corrected chi connectivity index (χ0v) is 18.9.